The van der Waals surface area contributed by atoms with Gasteiger partial charge in [-0.25, -0.2) is 15.2 Å². The Bertz CT molecular complexity index is 755. The maximum Gasteiger partial charge on any atom is 0.475 e. The predicted octanol–water partition coefficient (Wildman–Crippen LogP) is 2.34. The van der Waals surface area contributed by atoms with Gasteiger partial charge in [0, 0.05) is 6.54 Å². The minimum Gasteiger partial charge on any atom is -0.493 e. The summed E-state index contributed by atoms with van der Waals surface area (Å²) < 4.78 is 16.2. The van der Waals surface area contributed by atoms with Gasteiger partial charge in [0.2, 0.25) is 5.75 Å². The number of nitrogens with one attached hydrogen (secondary N) is 1. The Kier molecular flexibility index (Phi) is 7.01. The summed E-state index contributed by atoms with van der Waals surface area (Å²) in [6, 6.07) is 1.80. The number of nitrogens with zero attached hydrogens (tertiary/aromatic N) is 3. The highest BCUT2D eigenvalue weighted by Gasteiger charge is 2.19. The molecule has 142 valence electrons. The first kappa shape index (κ1) is 19.3. The Labute approximate surface area is 150 Å². The third-order valence-electron chi connectivity index (χ3n) is 3.75. The van der Waals surface area contributed by atoms with Gasteiger partial charge in [0.05, 0.1) is 26.7 Å². The summed E-state index contributed by atoms with van der Waals surface area (Å²) in [6.45, 7) is 0.841. The van der Waals surface area contributed by atoms with Crippen molar-refractivity contribution >= 4 is 16.7 Å². The molecule has 10 heteroatoms. The number of aromatic nitrogens is 2. The van der Waals surface area contributed by atoms with Crippen molar-refractivity contribution in [2.24, 2.45) is 0 Å². The second-order valence-electron chi connectivity index (χ2n) is 5.32. The van der Waals surface area contributed by atoms with E-state index in [1.807, 2.05) is 0 Å². The zero-order valence-electron chi connectivity index (χ0n) is 15.0. The van der Waals surface area contributed by atoms with E-state index in [4.69, 9.17) is 19.4 Å². The molecule has 26 heavy (non-hydrogen) atoms. The van der Waals surface area contributed by atoms with Crippen LogP contribution >= 0.6 is 0 Å². The zero-order valence-corrected chi connectivity index (χ0v) is 15.0. The van der Waals surface area contributed by atoms with Crippen molar-refractivity contribution in [1.29, 1.82) is 0 Å². The molecule has 0 fully saturated rings. The van der Waals surface area contributed by atoms with Gasteiger partial charge < -0.3 is 19.5 Å². The van der Waals surface area contributed by atoms with Crippen LogP contribution in [-0.4, -0.2) is 54.7 Å². The molecule has 0 aliphatic rings. The Morgan fingerprint density at radius 1 is 1.08 bits per heavy atom. The minimum atomic E-state index is -0.527. The Hall–Kier alpha value is -3.04. The lowest BCUT2D eigenvalue weighted by atomic mass is 10.1. The molecule has 0 amide bonds. The van der Waals surface area contributed by atoms with E-state index in [0.29, 0.717) is 41.5 Å². The van der Waals surface area contributed by atoms with Crippen molar-refractivity contribution in [2.45, 2.75) is 19.3 Å². The monoisotopic (exact) mass is 367 g/mol. The summed E-state index contributed by atoms with van der Waals surface area (Å²) in [5.41, 5.74) is 0.620. The fraction of sp³-hybridized carbons (Fsp3) is 0.500. The number of rotatable bonds is 11. The topological polar surface area (TPSA) is 115 Å². The number of fused-ring (bicyclic) bond motifs is 1. The fourth-order valence-corrected chi connectivity index (χ4v) is 2.56. The second kappa shape index (κ2) is 9.44. The van der Waals surface area contributed by atoms with E-state index in [1.54, 1.807) is 27.4 Å². The number of methoxy groups -OCH3 is 3. The Morgan fingerprint density at radius 3 is 2.50 bits per heavy atom. The SMILES string of the molecule is COc1cc2c(NCCCCCO[N+](=O)O)ncnc2c(OC)c1OC. The van der Waals surface area contributed by atoms with E-state index >= 15 is 0 Å². The van der Waals surface area contributed by atoms with Crippen molar-refractivity contribution < 1.29 is 29.3 Å². The molecule has 0 aliphatic carbocycles. The molecule has 1 aromatic carbocycles. The molecule has 2 aromatic rings. The van der Waals surface area contributed by atoms with Gasteiger partial charge in [-0.1, -0.05) is 0 Å². The molecular weight excluding hydrogens is 344 g/mol. The summed E-state index contributed by atoms with van der Waals surface area (Å²) >= 11 is 0. The van der Waals surface area contributed by atoms with Gasteiger partial charge in [0.25, 0.3) is 0 Å². The first-order chi connectivity index (χ1) is 12.6. The largest absolute Gasteiger partial charge is 0.493 e. The van der Waals surface area contributed by atoms with Crippen LogP contribution < -0.4 is 19.5 Å². The summed E-state index contributed by atoms with van der Waals surface area (Å²) in [7, 11) is 4.64. The maximum absolute atomic E-state index is 10.2. The van der Waals surface area contributed by atoms with E-state index in [2.05, 4.69) is 20.1 Å². The Balaban J connectivity index is 2.10. The van der Waals surface area contributed by atoms with Crippen molar-refractivity contribution in [1.82, 2.24) is 9.97 Å². The molecule has 0 saturated carbocycles. The molecule has 2 N–H and O–H groups in total. The van der Waals surface area contributed by atoms with Crippen LogP contribution in [0.2, 0.25) is 0 Å². The lowest BCUT2D eigenvalue weighted by molar-refractivity contribution is -0.975. The van der Waals surface area contributed by atoms with Crippen molar-refractivity contribution in [3.05, 3.63) is 17.3 Å². The number of ether oxygens (including phenoxy) is 3. The maximum atomic E-state index is 10.2. The number of hydrogen-bond acceptors (Lipinski definition) is 8. The van der Waals surface area contributed by atoms with Crippen molar-refractivity contribution in [3.8, 4) is 17.2 Å². The molecular formula is C16H23N4O6+. The molecule has 0 saturated heterocycles. The summed E-state index contributed by atoms with van der Waals surface area (Å²) in [4.78, 5) is 23.2. The van der Waals surface area contributed by atoms with Crippen LogP contribution in [-0.2, 0) is 4.84 Å². The van der Waals surface area contributed by atoms with Crippen molar-refractivity contribution in [3.63, 3.8) is 0 Å². The fourth-order valence-electron chi connectivity index (χ4n) is 2.56. The highest BCUT2D eigenvalue weighted by atomic mass is 16.9. The molecule has 0 radical (unpaired) electrons. The molecule has 10 nitrogen and oxygen atoms in total. The second-order valence-corrected chi connectivity index (χ2v) is 5.32. The lowest BCUT2D eigenvalue weighted by Crippen LogP contribution is -2.07. The Morgan fingerprint density at radius 2 is 1.85 bits per heavy atom. The molecule has 0 spiro atoms. The van der Waals surface area contributed by atoms with E-state index in [9.17, 15) is 4.91 Å². The predicted molar refractivity (Wildman–Crippen MR) is 92.9 cm³/mol. The van der Waals surface area contributed by atoms with E-state index in [0.717, 1.165) is 18.2 Å². The van der Waals surface area contributed by atoms with Crippen LogP contribution in [0.3, 0.4) is 0 Å². The molecule has 0 bridgehead atoms. The average molecular weight is 367 g/mol. The molecule has 1 aromatic heterocycles. The molecule has 0 unspecified atom stereocenters. The number of anilines is 1. The quantitative estimate of drug-likeness (QED) is 0.456. The van der Waals surface area contributed by atoms with Gasteiger partial charge >= 0.3 is 5.09 Å². The molecule has 0 aliphatic heterocycles. The van der Waals surface area contributed by atoms with Crippen LogP contribution in [0.1, 0.15) is 19.3 Å². The lowest BCUT2D eigenvalue weighted by Gasteiger charge is -2.15. The molecule has 1 heterocycles. The van der Waals surface area contributed by atoms with Gasteiger partial charge in [-0.2, -0.15) is 4.84 Å². The normalized spacial score (nSPS) is 10.4. The number of hydrogen-bond donors (Lipinski definition) is 2. The number of benzene rings is 1. The first-order valence-electron chi connectivity index (χ1n) is 8.09. The van der Waals surface area contributed by atoms with Gasteiger partial charge in [-0.05, 0) is 25.3 Å². The van der Waals surface area contributed by atoms with Gasteiger partial charge in [-0.15, -0.1) is 0 Å². The molecule has 0 atom stereocenters. The third kappa shape index (κ3) is 4.52. The van der Waals surface area contributed by atoms with Crippen LogP contribution in [0.15, 0.2) is 12.4 Å². The summed E-state index contributed by atoms with van der Waals surface area (Å²) in [5.74, 6) is 2.14. The zero-order chi connectivity index (χ0) is 18.9. The standard InChI is InChI=1S/C16H23N4O6/c1-23-12-9-11-13(15(25-3)14(12)24-2)18-10-19-16(11)17-7-5-4-6-8-26-20(21)22/h9-10H,4-8H2,1-3H3,(H,21,22)(H,17,18,19)/q+1. The first-order valence-corrected chi connectivity index (χ1v) is 8.09. The van der Waals surface area contributed by atoms with Gasteiger partial charge in [-0.3, -0.25) is 0 Å². The highest BCUT2D eigenvalue weighted by Crippen LogP contribution is 2.43. The van der Waals surface area contributed by atoms with Crippen LogP contribution in [0.5, 0.6) is 17.2 Å². The third-order valence-corrected chi connectivity index (χ3v) is 3.75. The highest BCUT2D eigenvalue weighted by molar-refractivity contribution is 5.96. The van der Waals surface area contributed by atoms with Crippen LogP contribution in [0.4, 0.5) is 5.82 Å². The van der Waals surface area contributed by atoms with E-state index in [1.165, 1.54) is 6.33 Å². The van der Waals surface area contributed by atoms with E-state index in [-0.39, 0.29) is 6.61 Å². The van der Waals surface area contributed by atoms with Crippen molar-refractivity contribution in [2.75, 3.05) is 39.8 Å². The van der Waals surface area contributed by atoms with E-state index < -0.39 is 5.09 Å². The van der Waals surface area contributed by atoms with Gasteiger partial charge in [0.1, 0.15) is 22.6 Å². The van der Waals surface area contributed by atoms with Crippen LogP contribution in [0, 0.1) is 4.91 Å². The van der Waals surface area contributed by atoms with Crippen LogP contribution in [0.25, 0.3) is 10.9 Å². The minimum absolute atomic E-state index is 0.171. The average Bonchev–Trinajstić information content (AvgIpc) is 2.65. The number of unbranched alkanes of at least 4 members (excludes halogenated alkanes) is 2. The molecule has 2 rings (SSSR count). The summed E-state index contributed by atoms with van der Waals surface area (Å²) in [6.07, 6.45) is 3.77. The van der Waals surface area contributed by atoms with Gasteiger partial charge in [0.15, 0.2) is 18.1 Å². The summed E-state index contributed by atoms with van der Waals surface area (Å²) in [5, 5.41) is 11.8. The smallest absolute Gasteiger partial charge is 0.475 e.